The topological polar surface area (TPSA) is 138 Å². The molecule has 426 valence electrons. The number of Topliss-reactive ketones (excluding diaryl/α,β-unsaturated/α-hetero) is 4. The molecule has 10 nitrogen and oxygen atoms in total. The van der Waals surface area contributed by atoms with Crippen molar-refractivity contribution >= 4 is 34.0 Å². The second-order valence-corrected chi connectivity index (χ2v) is 24.8. The molecular formula is C72H84N6O4. The van der Waals surface area contributed by atoms with Gasteiger partial charge in [0.2, 0.25) is 0 Å². The lowest BCUT2D eigenvalue weighted by atomic mass is 9.85. The normalized spacial score (nSPS) is 11.3. The van der Waals surface area contributed by atoms with E-state index in [9.17, 15) is 19.2 Å². The number of nitrogens with zero attached hydrogens (tertiary/aromatic N) is 6. The van der Waals surface area contributed by atoms with Crippen molar-refractivity contribution in [2.24, 2.45) is 7.05 Å². The van der Waals surface area contributed by atoms with E-state index in [0.29, 0.717) is 25.7 Å². The van der Waals surface area contributed by atoms with Gasteiger partial charge in [0.1, 0.15) is 6.33 Å². The molecule has 0 unspecified atom stereocenters. The largest absolute Gasteiger partial charge is 0.294 e. The highest BCUT2D eigenvalue weighted by Crippen LogP contribution is 2.27. The fourth-order valence-electron chi connectivity index (χ4n) is 8.75. The monoisotopic (exact) mass is 1100 g/mol. The van der Waals surface area contributed by atoms with Gasteiger partial charge in [-0.2, -0.15) is 5.10 Å². The number of carbonyl (C=O) groups excluding carboxylic acids is 4. The number of aromatic nitrogens is 6. The van der Waals surface area contributed by atoms with Gasteiger partial charge in [-0.25, -0.2) is 9.97 Å². The minimum absolute atomic E-state index is 0. The maximum atomic E-state index is 12.6. The van der Waals surface area contributed by atoms with Crippen molar-refractivity contribution in [3.05, 3.63) is 255 Å². The van der Waals surface area contributed by atoms with Crippen LogP contribution in [0.2, 0.25) is 0 Å². The molecule has 0 bridgehead atoms. The van der Waals surface area contributed by atoms with Gasteiger partial charge in [-0.05, 0) is 128 Å². The summed E-state index contributed by atoms with van der Waals surface area (Å²) >= 11 is 0. The van der Waals surface area contributed by atoms with Crippen LogP contribution in [-0.2, 0) is 54.4 Å². The molecule has 4 heterocycles. The number of ketones is 4. The summed E-state index contributed by atoms with van der Waals surface area (Å²) in [6, 6.07) is 45.4. The summed E-state index contributed by atoms with van der Waals surface area (Å²) in [5, 5.41) is 5.32. The van der Waals surface area contributed by atoms with Gasteiger partial charge in [0.15, 0.2) is 23.1 Å². The van der Waals surface area contributed by atoms with E-state index in [1.807, 2.05) is 140 Å². The second-order valence-electron chi connectivity index (χ2n) is 24.8. The summed E-state index contributed by atoms with van der Waals surface area (Å²) < 4.78 is 1.84. The van der Waals surface area contributed by atoms with E-state index in [-0.39, 0.29) is 52.2 Å². The number of pyridine rings is 2. The van der Waals surface area contributed by atoms with Crippen molar-refractivity contribution < 1.29 is 19.2 Å². The molecule has 82 heavy (non-hydrogen) atoms. The zero-order chi connectivity index (χ0) is 59.1. The van der Waals surface area contributed by atoms with E-state index < -0.39 is 0 Å². The Balaban J connectivity index is 0.000000200. The Morgan fingerprint density at radius 1 is 0.402 bits per heavy atom. The van der Waals surface area contributed by atoms with Gasteiger partial charge in [0.25, 0.3) is 0 Å². The Kier molecular flexibility index (Phi) is 22.3. The first kappa shape index (κ1) is 64.5. The number of benzene rings is 5. The fourth-order valence-corrected chi connectivity index (χ4v) is 8.75. The lowest BCUT2D eigenvalue weighted by Gasteiger charge is -2.19. The smallest absolute Gasteiger partial charge is 0.167 e. The van der Waals surface area contributed by atoms with Crippen LogP contribution >= 0.6 is 0 Å². The van der Waals surface area contributed by atoms with Crippen molar-refractivity contribution in [1.82, 2.24) is 29.7 Å². The summed E-state index contributed by atoms with van der Waals surface area (Å²) in [4.78, 5) is 65.5. The van der Waals surface area contributed by atoms with Crippen LogP contribution < -0.4 is 0 Å². The third-order valence-corrected chi connectivity index (χ3v) is 13.8. The number of carbonyl (C=O) groups is 4. The van der Waals surface area contributed by atoms with E-state index in [2.05, 4.69) is 132 Å². The first-order chi connectivity index (χ1) is 38.1. The summed E-state index contributed by atoms with van der Waals surface area (Å²) in [5.74, 6) is 0.543. The first-order valence-corrected chi connectivity index (χ1v) is 27.6. The van der Waals surface area contributed by atoms with Crippen LogP contribution in [0.25, 0.3) is 10.9 Å². The zero-order valence-corrected chi connectivity index (χ0v) is 50.0. The van der Waals surface area contributed by atoms with Crippen molar-refractivity contribution in [3.8, 4) is 0 Å². The summed E-state index contributed by atoms with van der Waals surface area (Å²) in [7, 11) is 1.92. The predicted octanol–water partition coefficient (Wildman–Crippen LogP) is 16.0. The fraction of sp³-hybridized carbons (Fsp3) is 0.319. The van der Waals surface area contributed by atoms with E-state index >= 15 is 0 Å². The Morgan fingerprint density at radius 2 is 0.793 bits per heavy atom. The third-order valence-electron chi connectivity index (χ3n) is 13.8. The molecule has 4 aromatic heterocycles. The molecule has 9 rings (SSSR count). The molecule has 0 saturated carbocycles. The maximum Gasteiger partial charge on any atom is 0.167 e. The molecule has 0 spiro atoms. The average molecular weight is 1100 g/mol. The van der Waals surface area contributed by atoms with E-state index in [0.717, 1.165) is 61.1 Å². The summed E-state index contributed by atoms with van der Waals surface area (Å²) in [6.45, 7) is 27.8. The molecule has 0 N–H and O–H groups in total. The van der Waals surface area contributed by atoms with Gasteiger partial charge < -0.3 is 0 Å². The van der Waals surface area contributed by atoms with Gasteiger partial charge in [0, 0.05) is 97.0 Å². The highest BCUT2D eigenvalue weighted by molar-refractivity contribution is 5.99. The van der Waals surface area contributed by atoms with Crippen molar-refractivity contribution in [3.63, 3.8) is 0 Å². The van der Waals surface area contributed by atoms with E-state index in [1.54, 1.807) is 31.0 Å². The Morgan fingerprint density at radius 3 is 1.18 bits per heavy atom. The highest BCUT2D eigenvalue weighted by Gasteiger charge is 2.20. The molecule has 0 aliphatic rings. The molecule has 0 fully saturated rings. The van der Waals surface area contributed by atoms with E-state index in [1.165, 1.54) is 28.6 Å². The quantitative estimate of drug-likeness (QED) is 0.109. The molecular weight excluding hydrogens is 1010 g/mol. The zero-order valence-electron chi connectivity index (χ0n) is 50.0. The first-order valence-electron chi connectivity index (χ1n) is 27.6. The highest BCUT2D eigenvalue weighted by atomic mass is 16.1. The number of fused-ring (bicyclic) bond motifs is 1. The standard InChI is InChI=1S/C20H22N2O.C18H21NO.C17H19NO.C16H18N2O.CH4/c1-20(2,3)17-7-5-6-15(12-17)19(23)11-14-8-9-18-16(10-14)13-21-22(18)4;1-13-10-14(8-9-19-13)11-17(20)15-6-5-7-16(12-15)18(2,3)4;1-17(2,3)15-8-4-7-14(11-15)16(19)10-13-6-5-9-18-12-13;1-16(2,3)14-6-4-5-13(8-14)15(19)7-12-9-17-11-18-10-12;/h5-10,12-13H,11H2,1-4H3;5-10,12H,11H2,1-4H3;4-9,11-12H,10H2,1-3H3;4-6,8-11H,7H2,1-3H3;1H4. The van der Waals surface area contributed by atoms with Gasteiger partial charge in [0.05, 0.1) is 11.7 Å². The molecule has 0 atom stereocenters. The lowest BCUT2D eigenvalue weighted by molar-refractivity contribution is 0.0984. The van der Waals surface area contributed by atoms with Crippen LogP contribution in [0.4, 0.5) is 0 Å². The van der Waals surface area contributed by atoms with Crippen molar-refractivity contribution in [2.45, 2.75) is 145 Å². The number of aryl methyl sites for hydroxylation is 2. The Hall–Kier alpha value is -8.37. The third kappa shape index (κ3) is 19.4. The van der Waals surface area contributed by atoms with Crippen molar-refractivity contribution in [2.75, 3.05) is 0 Å². The maximum absolute atomic E-state index is 12.6. The predicted molar refractivity (Wildman–Crippen MR) is 335 cm³/mol. The SMILES string of the molecule is C.CC(C)(C)c1cccc(C(=O)Cc2cccnc2)c1.CC(C)(C)c1cccc(C(=O)Cc2cncnc2)c1.Cc1cc(CC(=O)c2cccc(C(C)(C)C)c2)ccn1.Cn1ncc2cc(CC(=O)c3cccc(C(C)(C)C)c3)ccc21. The van der Waals surface area contributed by atoms with Gasteiger partial charge in [-0.3, -0.25) is 33.8 Å². The van der Waals surface area contributed by atoms with Crippen molar-refractivity contribution in [1.29, 1.82) is 0 Å². The lowest BCUT2D eigenvalue weighted by Crippen LogP contribution is -2.13. The molecule has 0 aliphatic heterocycles. The number of hydrogen-bond donors (Lipinski definition) is 0. The molecule has 5 aromatic carbocycles. The van der Waals surface area contributed by atoms with Gasteiger partial charge in [-0.15, -0.1) is 0 Å². The van der Waals surface area contributed by atoms with Crippen LogP contribution in [0.15, 0.2) is 183 Å². The number of rotatable bonds is 12. The van der Waals surface area contributed by atoms with Gasteiger partial charge >= 0.3 is 0 Å². The minimum Gasteiger partial charge on any atom is -0.294 e. The minimum atomic E-state index is 0. The second kappa shape index (κ2) is 28.4. The molecule has 9 aromatic rings. The van der Waals surface area contributed by atoms with Gasteiger partial charge in [-0.1, -0.05) is 175 Å². The molecule has 0 saturated heterocycles. The Bertz CT molecular complexity index is 3470. The van der Waals surface area contributed by atoms with Crippen LogP contribution in [0.3, 0.4) is 0 Å². The van der Waals surface area contributed by atoms with Crippen LogP contribution in [0.5, 0.6) is 0 Å². The summed E-state index contributed by atoms with van der Waals surface area (Å²) in [5.41, 5.74) is 13.9. The summed E-state index contributed by atoms with van der Waals surface area (Å²) in [6.07, 6.45) is 13.5. The Labute approximate surface area is 488 Å². The van der Waals surface area contributed by atoms with Crippen LogP contribution in [-0.4, -0.2) is 52.8 Å². The van der Waals surface area contributed by atoms with Crippen LogP contribution in [0, 0.1) is 6.92 Å². The molecule has 10 heteroatoms. The molecule has 0 radical (unpaired) electrons. The molecule has 0 amide bonds. The average Bonchev–Trinajstić information content (AvgIpc) is 3.91. The molecule has 0 aliphatic carbocycles. The number of hydrogen-bond acceptors (Lipinski definition) is 9. The van der Waals surface area contributed by atoms with E-state index in [4.69, 9.17) is 0 Å². The van der Waals surface area contributed by atoms with Crippen LogP contribution in [0.1, 0.15) is 182 Å².